The van der Waals surface area contributed by atoms with Crippen LogP contribution in [0.3, 0.4) is 0 Å². The first-order chi connectivity index (χ1) is 12.2. The molecule has 0 fully saturated rings. The van der Waals surface area contributed by atoms with Gasteiger partial charge in [-0.3, -0.25) is 0 Å². The lowest BCUT2D eigenvalue weighted by Gasteiger charge is -2.11. The van der Waals surface area contributed by atoms with Crippen LogP contribution in [-0.2, 0) is 23.6 Å². The molecule has 7 nitrogen and oxygen atoms in total. The van der Waals surface area contributed by atoms with E-state index in [1.165, 1.54) is 18.4 Å². The maximum Gasteiger partial charge on any atom is 0.242 e. The molecule has 8 heteroatoms. The quantitative estimate of drug-likeness (QED) is 0.705. The van der Waals surface area contributed by atoms with Crippen LogP contribution in [0.1, 0.15) is 18.3 Å². The summed E-state index contributed by atoms with van der Waals surface area (Å²) < 4.78 is 29.8. The molecule has 3 rings (SSSR count). The zero-order valence-electron chi connectivity index (χ0n) is 15.5. The third-order valence-corrected chi connectivity index (χ3v) is 6.52. The minimum Gasteiger partial charge on any atom is -0.339 e. The maximum absolute atomic E-state index is 12.4. The minimum absolute atomic E-state index is 0.213. The van der Waals surface area contributed by atoms with Gasteiger partial charge in [0, 0.05) is 38.9 Å². The van der Waals surface area contributed by atoms with E-state index in [1.54, 1.807) is 18.2 Å². The number of rotatable bonds is 4. The van der Waals surface area contributed by atoms with Crippen molar-refractivity contribution in [3.05, 3.63) is 35.7 Å². The molecule has 1 aromatic carbocycles. The molecular formula is C18H21N5O2S. The normalized spacial score (nSPS) is 12.0. The van der Waals surface area contributed by atoms with Gasteiger partial charge < -0.3 is 9.13 Å². The van der Waals surface area contributed by atoms with Crippen LogP contribution < -0.4 is 0 Å². The number of nitriles is 1. The highest BCUT2D eigenvalue weighted by Crippen LogP contribution is 2.30. The van der Waals surface area contributed by atoms with Gasteiger partial charge in [-0.15, -0.1) is 0 Å². The lowest BCUT2D eigenvalue weighted by molar-refractivity contribution is 0.521. The van der Waals surface area contributed by atoms with Gasteiger partial charge in [-0.1, -0.05) is 0 Å². The van der Waals surface area contributed by atoms with Crippen LogP contribution in [-0.4, -0.2) is 40.9 Å². The number of aryl methyl sites for hydroxylation is 1. The lowest BCUT2D eigenvalue weighted by Crippen LogP contribution is -2.22. The highest BCUT2D eigenvalue weighted by Gasteiger charge is 2.21. The molecule has 0 bridgehead atoms. The molecule has 3 aromatic rings. The van der Waals surface area contributed by atoms with E-state index >= 15 is 0 Å². The first kappa shape index (κ1) is 18.2. The van der Waals surface area contributed by atoms with Crippen molar-refractivity contribution in [2.45, 2.75) is 25.3 Å². The molecule has 0 unspecified atom stereocenters. The second-order valence-corrected chi connectivity index (χ2v) is 8.47. The highest BCUT2D eigenvalue weighted by atomic mass is 32.2. The molecule has 0 aliphatic rings. The molecular weight excluding hydrogens is 350 g/mol. The number of aromatic nitrogens is 3. The summed E-state index contributed by atoms with van der Waals surface area (Å²) in [6, 6.07) is 8.99. The van der Waals surface area contributed by atoms with Gasteiger partial charge in [-0.25, -0.2) is 17.7 Å². The predicted molar refractivity (Wildman–Crippen MR) is 100 cm³/mol. The van der Waals surface area contributed by atoms with Crippen LogP contribution in [0.25, 0.3) is 22.4 Å². The fraction of sp³-hybridized carbons (Fsp3) is 0.333. The van der Waals surface area contributed by atoms with Crippen LogP contribution in [0.4, 0.5) is 0 Å². The minimum atomic E-state index is -3.52. The molecule has 0 saturated heterocycles. The van der Waals surface area contributed by atoms with Crippen molar-refractivity contribution >= 4 is 21.1 Å². The van der Waals surface area contributed by atoms with Crippen molar-refractivity contribution in [1.29, 1.82) is 5.26 Å². The molecule has 26 heavy (non-hydrogen) atoms. The summed E-state index contributed by atoms with van der Waals surface area (Å²) in [5.41, 5.74) is 3.85. The number of nitrogens with zero attached hydrogens (tertiary/aromatic N) is 5. The van der Waals surface area contributed by atoms with Crippen molar-refractivity contribution in [1.82, 2.24) is 18.4 Å². The SMILES string of the molecule is CCn1c(-c2cc(C#N)n(C)c2C)nc2cc(S(=O)(=O)N(C)C)ccc21. The molecule has 0 radical (unpaired) electrons. The van der Waals surface area contributed by atoms with Gasteiger partial charge >= 0.3 is 0 Å². The summed E-state index contributed by atoms with van der Waals surface area (Å²) in [4.78, 5) is 4.91. The Morgan fingerprint density at radius 1 is 1.27 bits per heavy atom. The van der Waals surface area contributed by atoms with E-state index in [-0.39, 0.29) is 4.90 Å². The summed E-state index contributed by atoms with van der Waals surface area (Å²) in [5.74, 6) is 0.733. The Bertz CT molecular complexity index is 1150. The Hall–Kier alpha value is -2.63. The molecule has 0 aliphatic heterocycles. The summed E-state index contributed by atoms with van der Waals surface area (Å²) in [6.45, 7) is 4.64. The van der Waals surface area contributed by atoms with Gasteiger partial charge in [-0.05, 0) is 38.1 Å². The molecule has 0 amide bonds. The fourth-order valence-electron chi connectivity index (χ4n) is 3.04. The third-order valence-electron chi connectivity index (χ3n) is 4.71. The average Bonchev–Trinajstić information content (AvgIpc) is 3.11. The summed E-state index contributed by atoms with van der Waals surface area (Å²) in [5, 5.41) is 9.28. The Kier molecular flexibility index (Phi) is 4.38. The van der Waals surface area contributed by atoms with E-state index in [4.69, 9.17) is 4.98 Å². The van der Waals surface area contributed by atoms with Crippen molar-refractivity contribution in [3.63, 3.8) is 0 Å². The molecule has 2 heterocycles. The van der Waals surface area contributed by atoms with Gasteiger partial charge in [0.2, 0.25) is 10.0 Å². The van der Waals surface area contributed by atoms with Gasteiger partial charge in [0.15, 0.2) is 0 Å². The number of sulfonamides is 1. The zero-order valence-corrected chi connectivity index (χ0v) is 16.3. The van der Waals surface area contributed by atoms with E-state index in [1.807, 2.05) is 36.1 Å². The van der Waals surface area contributed by atoms with Crippen LogP contribution in [0.5, 0.6) is 0 Å². The Balaban J connectivity index is 2.27. The predicted octanol–water partition coefficient (Wildman–Crippen LogP) is 2.49. The second-order valence-electron chi connectivity index (χ2n) is 6.32. The molecule has 0 spiro atoms. The maximum atomic E-state index is 12.4. The largest absolute Gasteiger partial charge is 0.339 e. The van der Waals surface area contributed by atoms with E-state index < -0.39 is 10.0 Å². The number of fused-ring (bicyclic) bond motifs is 1. The number of hydrogen-bond donors (Lipinski definition) is 0. The van der Waals surface area contributed by atoms with E-state index in [0.717, 1.165) is 22.6 Å². The zero-order chi connectivity index (χ0) is 19.2. The molecule has 0 N–H and O–H groups in total. The second kappa shape index (κ2) is 6.27. The Morgan fingerprint density at radius 3 is 2.50 bits per heavy atom. The summed E-state index contributed by atoms with van der Waals surface area (Å²) in [6.07, 6.45) is 0. The van der Waals surface area contributed by atoms with E-state index in [9.17, 15) is 13.7 Å². The van der Waals surface area contributed by atoms with E-state index in [2.05, 4.69) is 6.07 Å². The lowest BCUT2D eigenvalue weighted by atomic mass is 10.2. The fourth-order valence-corrected chi connectivity index (χ4v) is 3.96. The van der Waals surface area contributed by atoms with Crippen molar-refractivity contribution in [3.8, 4) is 17.5 Å². The smallest absolute Gasteiger partial charge is 0.242 e. The average molecular weight is 371 g/mol. The van der Waals surface area contributed by atoms with Gasteiger partial charge in [0.25, 0.3) is 0 Å². The molecule has 136 valence electrons. The third kappa shape index (κ3) is 2.60. The molecule has 0 saturated carbocycles. The molecule has 0 aliphatic carbocycles. The molecule has 2 aromatic heterocycles. The number of benzene rings is 1. The monoisotopic (exact) mass is 371 g/mol. The number of imidazole rings is 1. The highest BCUT2D eigenvalue weighted by molar-refractivity contribution is 7.89. The van der Waals surface area contributed by atoms with Crippen LogP contribution in [0, 0.1) is 18.3 Å². The number of hydrogen-bond acceptors (Lipinski definition) is 4. The van der Waals surface area contributed by atoms with Crippen molar-refractivity contribution in [2.24, 2.45) is 7.05 Å². The van der Waals surface area contributed by atoms with Gasteiger partial charge in [0.05, 0.1) is 15.9 Å². The summed E-state index contributed by atoms with van der Waals surface area (Å²) >= 11 is 0. The van der Waals surface area contributed by atoms with E-state index in [0.29, 0.717) is 17.8 Å². The Morgan fingerprint density at radius 2 is 1.96 bits per heavy atom. The van der Waals surface area contributed by atoms with Crippen molar-refractivity contribution in [2.75, 3.05) is 14.1 Å². The standard InChI is InChI=1S/C18H21N5O2S/c1-6-23-17-8-7-14(26(24,25)21(3)4)10-16(17)20-18(23)15-9-13(11-19)22(5)12(15)2/h7-10H,6H2,1-5H3. The van der Waals surface area contributed by atoms with Gasteiger partial charge in [-0.2, -0.15) is 5.26 Å². The summed E-state index contributed by atoms with van der Waals surface area (Å²) in [7, 11) is 1.34. The molecule has 0 atom stereocenters. The van der Waals surface area contributed by atoms with Crippen LogP contribution in [0.2, 0.25) is 0 Å². The first-order valence-electron chi connectivity index (χ1n) is 8.22. The Labute approximate surface area is 153 Å². The van der Waals surface area contributed by atoms with Gasteiger partial charge in [0.1, 0.15) is 17.6 Å². The topological polar surface area (TPSA) is 83.9 Å². The van der Waals surface area contributed by atoms with Crippen molar-refractivity contribution < 1.29 is 8.42 Å². The van der Waals surface area contributed by atoms with Crippen LogP contribution >= 0.6 is 0 Å². The van der Waals surface area contributed by atoms with Crippen LogP contribution in [0.15, 0.2) is 29.2 Å². The first-order valence-corrected chi connectivity index (χ1v) is 9.66.